The molecular weight excluding hydrogens is 302 g/mol. The number of benzene rings is 1. The summed E-state index contributed by atoms with van der Waals surface area (Å²) in [5.74, 6) is -1.49. The summed E-state index contributed by atoms with van der Waals surface area (Å²) in [6, 6.07) is 4.58. The number of carbonyl (C=O) groups is 1. The van der Waals surface area contributed by atoms with Crippen LogP contribution in [0.25, 0.3) is 11.0 Å². The number of nitrogens with one attached hydrogen (secondary N) is 1. The second-order valence-electron chi connectivity index (χ2n) is 4.15. The molecule has 0 spiro atoms. The highest BCUT2D eigenvalue weighted by molar-refractivity contribution is 7.89. The van der Waals surface area contributed by atoms with E-state index in [0.717, 1.165) is 6.07 Å². The van der Waals surface area contributed by atoms with Gasteiger partial charge in [-0.05, 0) is 24.3 Å². The van der Waals surface area contributed by atoms with Gasteiger partial charge in [-0.25, -0.2) is 13.2 Å². The highest BCUT2D eigenvalue weighted by Gasteiger charge is 2.24. The molecule has 112 valence electrons. The van der Waals surface area contributed by atoms with Crippen LogP contribution >= 0.6 is 0 Å². The standard InChI is InChI=1S/C12H11NO7S/c14-6-9(12(16)17)13-21(18,19)8-2-3-10-7(5-8)1-4-11(15)20-10/h1-5,9,13-14H,6H2,(H,16,17)/t9-/m1/s1. The quantitative estimate of drug-likeness (QED) is 0.634. The van der Waals surface area contributed by atoms with E-state index in [0.29, 0.717) is 5.39 Å². The van der Waals surface area contributed by atoms with Crippen molar-refractivity contribution in [3.05, 3.63) is 40.8 Å². The maximum absolute atomic E-state index is 12.0. The largest absolute Gasteiger partial charge is 0.480 e. The zero-order valence-electron chi connectivity index (χ0n) is 10.5. The molecule has 3 N–H and O–H groups in total. The molecule has 2 aromatic rings. The van der Waals surface area contributed by atoms with Crippen LogP contribution in [-0.4, -0.2) is 37.2 Å². The predicted octanol–water partition coefficient (Wildman–Crippen LogP) is -0.483. The summed E-state index contributed by atoms with van der Waals surface area (Å²) in [5.41, 5.74) is -0.360. The number of sulfonamides is 1. The van der Waals surface area contributed by atoms with Crippen LogP contribution in [0.15, 0.2) is 44.4 Å². The summed E-state index contributed by atoms with van der Waals surface area (Å²) in [5, 5.41) is 18.0. The Morgan fingerprint density at radius 1 is 1.29 bits per heavy atom. The molecule has 0 saturated heterocycles. The third-order valence-corrected chi connectivity index (χ3v) is 4.15. The summed E-state index contributed by atoms with van der Waals surface area (Å²) in [6.07, 6.45) is 0. The van der Waals surface area contributed by atoms with Gasteiger partial charge in [0.25, 0.3) is 0 Å². The molecule has 0 saturated carbocycles. The first-order valence-corrected chi connectivity index (χ1v) is 7.22. The molecule has 2 rings (SSSR count). The Balaban J connectivity index is 2.42. The number of aliphatic hydroxyl groups excluding tert-OH is 1. The summed E-state index contributed by atoms with van der Waals surface area (Å²) in [6.45, 7) is -0.878. The normalized spacial score (nSPS) is 13.2. The monoisotopic (exact) mass is 313 g/mol. The number of rotatable bonds is 5. The van der Waals surface area contributed by atoms with Crippen molar-refractivity contribution in [2.24, 2.45) is 0 Å². The summed E-state index contributed by atoms with van der Waals surface area (Å²) >= 11 is 0. The Bertz CT molecular complexity index is 840. The molecule has 0 unspecified atom stereocenters. The van der Waals surface area contributed by atoms with Crippen LogP contribution in [0.1, 0.15) is 0 Å². The van der Waals surface area contributed by atoms with E-state index in [9.17, 15) is 18.0 Å². The van der Waals surface area contributed by atoms with E-state index in [4.69, 9.17) is 14.6 Å². The van der Waals surface area contributed by atoms with Crippen LogP contribution in [0, 0.1) is 0 Å². The van der Waals surface area contributed by atoms with E-state index in [-0.39, 0.29) is 10.5 Å². The molecule has 0 fully saturated rings. The lowest BCUT2D eigenvalue weighted by atomic mass is 10.2. The Morgan fingerprint density at radius 3 is 2.62 bits per heavy atom. The van der Waals surface area contributed by atoms with Crippen molar-refractivity contribution in [1.82, 2.24) is 4.72 Å². The highest BCUT2D eigenvalue weighted by atomic mass is 32.2. The molecule has 9 heteroatoms. The van der Waals surface area contributed by atoms with Gasteiger partial charge in [-0.2, -0.15) is 4.72 Å². The van der Waals surface area contributed by atoms with Crippen molar-refractivity contribution in [2.45, 2.75) is 10.9 Å². The van der Waals surface area contributed by atoms with Gasteiger partial charge >= 0.3 is 11.6 Å². The first kappa shape index (κ1) is 15.2. The summed E-state index contributed by atoms with van der Waals surface area (Å²) in [4.78, 5) is 21.6. The van der Waals surface area contributed by atoms with E-state index in [1.165, 1.54) is 24.3 Å². The Kier molecular flexibility index (Phi) is 4.07. The summed E-state index contributed by atoms with van der Waals surface area (Å²) < 4.78 is 30.8. The Labute approximate surface area is 118 Å². The lowest BCUT2D eigenvalue weighted by Gasteiger charge is -2.12. The highest BCUT2D eigenvalue weighted by Crippen LogP contribution is 2.17. The maximum atomic E-state index is 12.0. The zero-order chi connectivity index (χ0) is 15.6. The van der Waals surface area contributed by atoms with Gasteiger partial charge in [-0.15, -0.1) is 0 Å². The molecule has 0 aliphatic carbocycles. The van der Waals surface area contributed by atoms with E-state index in [1.54, 1.807) is 0 Å². The van der Waals surface area contributed by atoms with Gasteiger partial charge in [0.15, 0.2) is 0 Å². The molecule has 21 heavy (non-hydrogen) atoms. The number of fused-ring (bicyclic) bond motifs is 1. The van der Waals surface area contributed by atoms with E-state index < -0.39 is 34.3 Å². The van der Waals surface area contributed by atoms with Crippen LogP contribution in [-0.2, 0) is 14.8 Å². The second-order valence-corrected chi connectivity index (χ2v) is 5.86. The lowest BCUT2D eigenvalue weighted by molar-refractivity contribution is -0.139. The number of carboxylic acid groups (broad SMARTS) is 1. The maximum Gasteiger partial charge on any atom is 0.336 e. The smallest absolute Gasteiger partial charge is 0.336 e. The van der Waals surface area contributed by atoms with Crippen molar-refractivity contribution in [2.75, 3.05) is 6.61 Å². The van der Waals surface area contributed by atoms with Crippen molar-refractivity contribution in [3.63, 3.8) is 0 Å². The number of carboxylic acids is 1. The van der Waals surface area contributed by atoms with Gasteiger partial charge in [-0.3, -0.25) is 4.79 Å². The molecule has 1 aromatic heterocycles. The van der Waals surface area contributed by atoms with Crippen LogP contribution in [0.3, 0.4) is 0 Å². The minimum atomic E-state index is -4.13. The zero-order valence-corrected chi connectivity index (χ0v) is 11.3. The third-order valence-electron chi connectivity index (χ3n) is 2.68. The molecule has 1 aromatic carbocycles. The Morgan fingerprint density at radius 2 is 2.00 bits per heavy atom. The molecule has 1 atom stereocenters. The van der Waals surface area contributed by atoms with E-state index >= 15 is 0 Å². The minimum Gasteiger partial charge on any atom is -0.480 e. The molecular formula is C12H11NO7S. The Hall–Kier alpha value is -2.23. The van der Waals surface area contributed by atoms with Crippen molar-refractivity contribution < 1.29 is 27.8 Å². The first-order chi connectivity index (χ1) is 9.83. The molecule has 0 bridgehead atoms. The number of aliphatic carboxylic acids is 1. The first-order valence-electron chi connectivity index (χ1n) is 5.73. The minimum absolute atomic E-state index is 0.205. The average molecular weight is 313 g/mol. The molecule has 0 radical (unpaired) electrons. The number of hydrogen-bond acceptors (Lipinski definition) is 6. The SMILES string of the molecule is O=C(O)[C@@H](CO)NS(=O)(=O)c1ccc2oc(=O)ccc2c1. The van der Waals surface area contributed by atoms with Gasteiger partial charge in [-0.1, -0.05) is 0 Å². The second kappa shape index (κ2) is 5.64. The van der Waals surface area contributed by atoms with Crippen molar-refractivity contribution in [1.29, 1.82) is 0 Å². The molecule has 1 heterocycles. The van der Waals surface area contributed by atoms with Gasteiger partial charge < -0.3 is 14.6 Å². The van der Waals surface area contributed by atoms with Crippen LogP contribution in [0.2, 0.25) is 0 Å². The van der Waals surface area contributed by atoms with E-state index in [2.05, 4.69) is 0 Å². The van der Waals surface area contributed by atoms with Crippen LogP contribution < -0.4 is 10.3 Å². The summed E-state index contributed by atoms with van der Waals surface area (Å²) in [7, 11) is -4.13. The van der Waals surface area contributed by atoms with Crippen LogP contribution in [0.4, 0.5) is 0 Å². The lowest BCUT2D eigenvalue weighted by Crippen LogP contribution is -2.43. The fourth-order valence-electron chi connectivity index (χ4n) is 1.64. The third kappa shape index (κ3) is 3.27. The van der Waals surface area contributed by atoms with Gasteiger partial charge in [0.1, 0.15) is 11.6 Å². The van der Waals surface area contributed by atoms with Crippen molar-refractivity contribution >= 4 is 27.0 Å². The fourth-order valence-corrected chi connectivity index (χ4v) is 2.85. The number of hydrogen-bond donors (Lipinski definition) is 3. The number of aliphatic hydroxyl groups is 1. The molecule has 0 aliphatic heterocycles. The van der Waals surface area contributed by atoms with Gasteiger partial charge in [0, 0.05) is 11.5 Å². The fraction of sp³-hybridized carbons (Fsp3) is 0.167. The molecule has 8 nitrogen and oxygen atoms in total. The molecule has 0 aliphatic rings. The van der Waals surface area contributed by atoms with E-state index in [1.807, 2.05) is 4.72 Å². The molecule has 0 amide bonds. The van der Waals surface area contributed by atoms with Gasteiger partial charge in [0.2, 0.25) is 10.0 Å². The van der Waals surface area contributed by atoms with Gasteiger partial charge in [0.05, 0.1) is 11.5 Å². The topological polar surface area (TPSA) is 134 Å². The van der Waals surface area contributed by atoms with Crippen LogP contribution in [0.5, 0.6) is 0 Å². The predicted molar refractivity (Wildman–Crippen MR) is 71.3 cm³/mol. The average Bonchev–Trinajstić information content (AvgIpc) is 2.43. The van der Waals surface area contributed by atoms with Crippen molar-refractivity contribution in [3.8, 4) is 0 Å².